The number of carbonyl (C=O) groups excluding carboxylic acids is 1. The third-order valence-corrected chi connectivity index (χ3v) is 5.88. The molecule has 186 valence electrons. The molecule has 2 aromatic carbocycles. The number of fused-ring (bicyclic) bond motifs is 1. The molecule has 0 unspecified atom stereocenters. The zero-order chi connectivity index (χ0) is 25.0. The van der Waals surface area contributed by atoms with E-state index in [4.69, 9.17) is 14.5 Å². The average molecular weight is 476 g/mol. The highest BCUT2D eigenvalue weighted by atomic mass is 16.5. The van der Waals surface area contributed by atoms with Gasteiger partial charge in [-0.1, -0.05) is 37.3 Å². The predicted octanol–water partition coefficient (Wildman–Crippen LogP) is 5.65. The van der Waals surface area contributed by atoms with Crippen LogP contribution in [-0.4, -0.2) is 35.7 Å². The summed E-state index contributed by atoms with van der Waals surface area (Å²) >= 11 is 0. The molecular weight excluding hydrogens is 438 g/mol. The number of hydrogen-bond acceptors (Lipinski definition) is 4. The number of hydrogen-bond donors (Lipinski definition) is 1. The molecule has 0 bridgehead atoms. The lowest BCUT2D eigenvalue weighted by molar-refractivity contribution is -0.117. The first kappa shape index (κ1) is 26.1. The molecule has 0 fully saturated rings. The van der Waals surface area contributed by atoms with Gasteiger partial charge in [0.05, 0.1) is 24.8 Å². The van der Waals surface area contributed by atoms with Crippen LogP contribution in [0.1, 0.15) is 44.0 Å². The third kappa shape index (κ3) is 7.47. The molecule has 0 aliphatic carbocycles. The van der Waals surface area contributed by atoms with E-state index in [1.54, 1.807) is 14.0 Å². The molecule has 6 nitrogen and oxygen atoms in total. The van der Waals surface area contributed by atoms with Crippen molar-refractivity contribution in [3.05, 3.63) is 78.7 Å². The van der Waals surface area contributed by atoms with Gasteiger partial charge in [-0.15, -0.1) is 6.58 Å². The van der Waals surface area contributed by atoms with Gasteiger partial charge in [-0.3, -0.25) is 4.79 Å². The maximum atomic E-state index is 11.6. The molecule has 3 rings (SSSR count). The first-order valence-corrected chi connectivity index (χ1v) is 12.3. The van der Waals surface area contributed by atoms with Crippen LogP contribution in [0, 0.1) is 0 Å². The van der Waals surface area contributed by atoms with Crippen molar-refractivity contribution in [1.29, 1.82) is 0 Å². The summed E-state index contributed by atoms with van der Waals surface area (Å²) in [6.45, 7) is 11.3. The second-order valence-electron chi connectivity index (χ2n) is 8.70. The number of nitrogens with one attached hydrogen (secondary N) is 1. The average Bonchev–Trinajstić information content (AvgIpc) is 3.21. The largest absolute Gasteiger partial charge is 0.493 e. The fourth-order valence-corrected chi connectivity index (χ4v) is 4.03. The minimum atomic E-state index is -0.0701. The van der Waals surface area contributed by atoms with Crippen LogP contribution >= 0.6 is 0 Å². The van der Waals surface area contributed by atoms with Crippen LogP contribution in [0.5, 0.6) is 11.5 Å². The second-order valence-corrected chi connectivity index (χ2v) is 8.70. The van der Waals surface area contributed by atoms with Crippen LogP contribution in [0.3, 0.4) is 0 Å². The van der Waals surface area contributed by atoms with E-state index in [0.29, 0.717) is 18.7 Å². The highest BCUT2D eigenvalue weighted by Crippen LogP contribution is 2.28. The molecule has 0 spiro atoms. The van der Waals surface area contributed by atoms with Crippen molar-refractivity contribution in [3.63, 3.8) is 0 Å². The Morgan fingerprint density at radius 2 is 1.94 bits per heavy atom. The molecule has 1 aromatic heterocycles. The minimum absolute atomic E-state index is 0.0701. The van der Waals surface area contributed by atoms with Gasteiger partial charge in [0.1, 0.15) is 5.82 Å². The molecule has 0 aliphatic rings. The highest BCUT2D eigenvalue weighted by Gasteiger charge is 2.11. The number of unbranched alkanes of at least 4 members (excludes halogenated alkanes) is 2. The van der Waals surface area contributed by atoms with Crippen molar-refractivity contribution in [2.24, 2.45) is 0 Å². The van der Waals surface area contributed by atoms with Crippen molar-refractivity contribution >= 4 is 16.9 Å². The summed E-state index contributed by atoms with van der Waals surface area (Å²) < 4.78 is 13.9. The van der Waals surface area contributed by atoms with Gasteiger partial charge in [0.25, 0.3) is 0 Å². The van der Waals surface area contributed by atoms with Gasteiger partial charge in [-0.05, 0) is 62.4 Å². The lowest BCUT2D eigenvalue weighted by atomic mass is 10.1. The smallest absolute Gasteiger partial charge is 0.246 e. The molecule has 35 heavy (non-hydrogen) atoms. The Labute approximate surface area is 208 Å². The normalized spacial score (nSPS) is 10.8. The van der Waals surface area contributed by atoms with E-state index >= 15 is 0 Å². The zero-order valence-corrected chi connectivity index (χ0v) is 21.0. The van der Waals surface area contributed by atoms with E-state index in [9.17, 15) is 4.79 Å². The van der Waals surface area contributed by atoms with Crippen LogP contribution < -0.4 is 14.8 Å². The monoisotopic (exact) mass is 475 g/mol. The van der Waals surface area contributed by atoms with E-state index in [1.807, 2.05) is 30.3 Å². The molecule has 0 aliphatic heterocycles. The summed E-state index contributed by atoms with van der Waals surface area (Å²) in [6.07, 6.45) is 7.45. The minimum Gasteiger partial charge on any atom is -0.493 e. The Hall–Kier alpha value is -3.54. The van der Waals surface area contributed by atoms with Crippen molar-refractivity contribution in [1.82, 2.24) is 14.9 Å². The van der Waals surface area contributed by atoms with Crippen molar-refractivity contribution in [2.75, 3.05) is 20.3 Å². The maximum absolute atomic E-state index is 11.6. The molecule has 6 heteroatoms. The van der Waals surface area contributed by atoms with Crippen molar-refractivity contribution in [2.45, 2.75) is 52.0 Å². The summed E-state index contributed by atoms with van der Waals surface area (Å²) in [4.78, 5) is 16.5. The number of benzene rings is 2. The Bertz CT molecular complexity index is 1150. The fourth-order valence-electron chi connectivity index (χ4n) is 4.03. The molecular formula is C29H37N3O3. The van der Waals surface area contributed by atoms with E-state index in [2.05, 4.69) is 41.2 Å². The molecule has 1 N–H and O–H groups in total. The topological polar surface area (TPSA) is 65.4 Å². The molecule has 1 heterocycles. The number of nitrogens with zero attached hydrogens (tertiary/aromatic N) is 2. The number of para-hydroxylation sites is 2. The van der Waals surface area contributed by atoms with Gasteiger partial charge in [-0.25, -0.2) is 4.98 Å². The van der Waals surface area contributed by atoms with Crippen LogP contribution in [0.15, 0.2) is 67.3 Å². The molecule has 1 amide bonds. The van der Waals surface area contributed by atoms with E-state index < -0.39 is 0 Å². The lowest BCUT2D eigenvalue weighted by Gasteiger charge is -2.13. The molecule has 0 radical (unpaired) electrons. The number of aromatic nitrogens is 2. The number of rotatable bonds is 15. The van der Waals surface area contributed by atoms with E-state index in [-0.39, 0.29) is 5.91 Å². The van der Waals surface area contributed by atoms with Gasteiger partial charge in [0, 0.05) is 25.1 Å². The lowest BCUT2D eigenvalue weighted by Crippen LogP contribution is -2.24. The third-order valence-electron chi connectivity index (χ3n) is 5.88. The summed E-state index contributed by atoms with van der Waals surface area (Å²) in [7, 11) is 1.66. The van der Waals surface area contributed by atoms with Crippen molar-refractivity contribution < 1.29 is 14.3 Å². The Morgan fingerprint density at radius 1 is 1.11 bits per heavy atom. The molecule has 0 saturated carbocycles. The number of methoxy groups -OCH3 is 1. The van der Waals surface area contributed by atoms with Crippen LogP contribution in [0.25, 0.3) is 11.0 Å². The van der Waals surface area contributed by atoms with E-state index in [0.717, 1.165) is 79.0 Å². The second kappa shape index (κ2) is 13.4. The SMILES string of the molecule is C=CCc1ccc(OCCCn2c(CCCCCNC(=O)C(=C)C)nc3ccccc32)c(OC)c1. The number of imidazole rings is 1. The predicted molar refractivity (Wildman–Crippen MR) is 142 cm³/mol. The number of allylic oxidation sites excluding steroid dienone is 1. The van der Waals surface area contributed by atoms with Crippen LogP contribution in [0.4, 0.5) is 0 Å². The number of carbonyl (C=O) groups is 1. The molecule has 0 saturated heterocycles. The first-order valence-electron chi connectivity index (χ1n) is 12.3. The Balaban J connectivity index is 1.54. The Morgan fingerprint density at radius 3 is 2.71 bits per heavy atom. The standard InChI is InChI=1S/C29H37N3O3/c1-5-12-23-16-17-26(27(21-23)34-4)35-20-11-19-32-25-14-9-8-13-24(25)31-28(32)15-7-6-10-18-30-29(33)22(2)3/h5,8-9,13-14,16-17,21H,1-2,6-7,10-12,15,18-20H2,3-4H3,(H,30,33). The number of amides is 1. The maximum Gasteiger partial charge on any atom is 0.246 e. The summed E-state index contributed by atoms with van der Waals surface area (Å²) in [5.41, 5.74) is 3.88. The van der Waals surface area contributed by atoms with Crippen LogP contribution in [0.2, 0.25) is 0 Å². The number of aryl methyl sites for hydroxylation is 2. The van der Waals surface area contributed by atoms with Gasteiger partial charge >= 0.3 is 0 Å². The summed E-state index contributed by atoms with van der Waals surface area (Å²) in [5, 5.41) is 2.89. The van der Waals surface area contributed by atoms with Crippen LogP contribution in [-0.2, 0) is 24.2 Å². The zero-order valence-electron chi connectivity index (χ0n) is 21.0. The Kier molecular flexibility index (Phi) is 9.96. The summed E-state index contributed by atoms with van der Waals surface area (Å²) in [5.74, 6) is 2.54. The highest BCUT2D eigenvalue weighted by molar-refractivity contribution is 5.92. The quantitative estimate of drug-likeness (QED) is 0.175. The van der Waals surface area contributed by atoms with Crippen molar-refractivity contribution in [3.8, 4) is 11.5 Å². The van der Waals surface area contributed by atoms with Gasteiger partial charge in [0.2, 0.25) is 5.91 Å². The molecule has 0 atom stereocenters. The van der Waals surface area contributed by atoms with Gasteiger partial charge in [0.15, 0.2) is 11.5 Å². The van der Waals surface area contributed by atoms with Gasteiger partial charge < -0.3 is 19.4 Å². The first-order chi connectivity index (χ1) is 17.0. The summed E-state index contributed by atoms with van der Waals surface area (Å²) in [6, 6.07) is 14.3. The number of ether oxygens (including phenoxy) is 2. The molecule has 3 aromatic rings. The fraction of sp³-hybridized carbons (Fsp3) is 0.379. The van der Waals surface area contributed by atoms with E-state index in [1.165, 1.54) is 0 Å². The van der Waals surface area contributed by atoms with Gasteiger partial charge in [-0.2, -0.15) is 0 Å².